The number of likely N-dealkylation sites (N-methyl/N-ethyl adjacent to an activating group) is 1. The number of para-hydroxylation sites is 1. The van der Waals surface area contributed by atoms with Crippen LogP contribution in [-0.2, 0) is 4.79 Å². The summed E-state index contributed by atoms with van der Waals surface area (Å²) in [6.45, 7) is 1.74. The van der Waals surface area contributed by atoms with Crippen LogP contribution in [0.15, 0.2) is 18.2 Å². The van der Waals surface area contributed by atoms with Gasteiger partial charge in [0.15, 0.2) is 5.75 Å². The summed E-state index contributed by atoms with van der Waals surface area (Å²) < 4.78 is 5.76. The van der Waals surface area contributed by atoms with E-state index in [1.54, 1.807) is 26.1 Å². The molecule has 0 spiro atoms. The van der Waals surface area contributed by atoms with Crippen molar-refractivity contribution < 1.29 is 19.6 Å². The van der Waals surface area contributed by atoms with Crippen LogP contribution in [0.25, 0.3) is 0 Å². The van der Waals surface area contributed by atoms with Crippen molar-refractivity contribution in [3.63, 3.8) is 0 Å². The fourth-order valence-corrected chi connectivity index (χ4v) is 2.73. The summed E-state index contributed by atoms with van der Waals surface area (Å²) in [5.74, 6) is -0.694. The van der Waals surface area contributed by atoms with Crippen LogP contribution in [0.3, 0.4) is 0 Å². The third kappa shape index (κ3) is 2.82. The number of ether oxygens (including phenoxy) is 1. The largest absolute Gasteiger partial charge is 0.483 e. The highest BCUT2D eigenvalue weighted by atomic mass is 16.6. The van der Waals surface area contributed by atoms with Gasteiger partial charge in [-0.15, -0.1) is 0 Å². The molecule has 1 aliphatic carbocycles. The first kappa shape index (κ1) is 15.2. The third-order valence-electron chi connectivity index (χ3n) is 4.03. The first-order valence-corrected chi connectivity index (χ1v) is 6.72. The highest BCUT2D eigenvalue weighted by molar-refractivity contribution is 5.79. The monoisotopic (exact) mass is 294 g/mol. The van der Waals surface area contributed by atoms with Gasteiger partial charge in [-0.05, 0) is 32.4 Å². The van der Waals surface area contributed by atoms with Gasteiger partial charge in [0.2, 0.25) is 0 Å². The molecule has 114 valence electrons. The molecular formula is C14H18N2O5. The van der Waals surface area contributed by atoms with E-state index in [1.807, 2.05) is 0 Å². The van der Waals surface area contributed by atoms with E-state index in [0.29, 0.717) is 18.4 Å². The zero-order valence-electron chi connectivity index (χ0n) is 12.0. The Balaban J connectivity index is 2.21. The quantitative estimate of drug-likeness (QED) is 0.635. The van der Waals surface area contributed by atoms with Gasteiger partial charge in [-0.25, -0.2) is 0 Å². The van der Waals surface area contributed by atoms with Crippen LogP contribution in [0.1, 0.15) is 24.8 Å². The van der Waals surface area contributed by atoms with E-state index in [2.05, 4.69) is 5.32 Å². The van der Waals surface area contributed by atoms with E-state index in [-0.39, 0.29) is 24.0 Å². The van der Waals surface area contributed by atoms with Crippen LogP contribution in [0.2, 0.25) is 0 Å². The van der Waals surface area contributed by atoms with E-state index >= 15 is 0 Å². The van der Waals surface area contributed by atoms with E-state index < -0.39 is 16.4 Å². The Morgan fingerprint density at radius 1 is 1.57 bits per heavy atom. The zero-order chi connectivity index (χ0) is 15.6. The lowest BCUT2D eigenvalue weighted by Crippen LogP contribution is -2.48. The molecule has 0 saturated heterocycles. The van der Waals surface area contributed by atoms with Crippen molar-refractivity contribution in [1.82, 2.24) is 5.32 Å². The topological polar surface area (TPSA) is 102 Å². The molecular weight excluding hydrogens is 276 g/mol. The molecule has 1 aliphatic rings. The molecule has 0 aliphatic heterocycles. The van der Waals surface area contributed by atoms with Gasteiger partial charge in [-0.3, -0.25) is 14.9 Å². The van der Waals surface area contributed by atoms with Gasteiger partial charge in [-0.1, -0.05) is 12.1 Å². The number of nitrogens with one attached hydrogen (secondary N) is 1. The number of carboxylic acid groups (broad SMARTS) is 1. The summed E-state index contributed by atoms with van der Waals surface area (Å²) in [6.07, 6.45) is 0.903. The number of nitrogens with zero attached hydrogens (tertiary/aromatic N) is 1. The number of hydrogen-bond acceptors (Lipinski definition) is 5. The van der Waals surface area contributed by atoms with Crippen molar-refractivity contribution >= 4 is 11.7 Å². The van der Waals surface area contributed by atoms with E-state index in [0.717, 1.165) is 0 Å². The second-order valence-corrected chi connectivity index (χ2v) is 5.30. The van der Waals surface area contributed by atoms with Gasteiger partial charge < -0.3 is 15.2 Å². The van der Waals surface area contributed by atoms with Crippen molar-refractivity contribution in [2.24, 2.45) is 0 Å². The maximum atomic E-state index is 11.4. The molecule has 7 heteroatoms. The Kier molecular flexibility index (Phi) is 4.13. The minimum Gasteiger partial charge on any atom is -0.483 e. The Morgan fingerprint density at radius 3 is 2.81 bits per heavy atom. The maximum Gasteiger partial charge on any atom is 0.324 e. The molecule has 7 nitrogen and oxygen atoms in total. The molecule has 2 atom stereocenters. The average Bonchev–Trinajstić information content (AvgIpc) is 2.85. The molecule has 1 fully saturated rings. The van der Waals surface area contributed by atoms with Crippen molar-refractivity contribution in [2.45, 2.75) is 37.8 Å². The first-order chi connectivity index (χ1) is 9.89. The van der Waals surface area contributed by atoms with Crippen molar-refractivity contribution in [2.75, 3.05) is 7.05 Å². The average molecular weight is 294 g/mol. The Morgan fingerprint density at radius 2 is 2.29 bits per heavy atom. The van der Waals surface area contributed by atoms with Crippen LogP contribution in [0, 0.1) is 17.0 Å². The second kappa shape index (κ2) is 5.69. The summed E-state index contributed by atoms with van der Waals surface area (Å²) in [4.78, 5) is 21.9. The molecule has 2 unspecified atom stereocenters. The number of carbonyl (C=O) groups is 1. The number of nitro benzene ring substituents is 1. The maximum absolute atomic E-state index is 11.4. The standard InChI is InChI=1S/C14H18N2O5/c1-9-4-3-5-11(16(19)20)12(9)21-10-6-7-14(8-10,15-2)13(17)18/h3-5,10,15H,6-8H2,1-2H3,(H,17,18). The lowest BCUT2D eigenvalue weighted by molar-refractivity contribution is -0.386. The van der Waals surface area contributed by atoms with Gasteiger partial charge in [0.1, 0.15) is 11.6 Å². The van der Waals surface area contributed by atoms with Crippen LogP contribution in [0.4, 0.5) is 5.69 Å². The number of rotatable bonds is 5. The number of carboxylic acids is 1. The summed E-state index contributed by atoms with van der Waals surface area (Å²) in [5.41, 5.74) is -0.434. The van der Waals surface area contributed by atoms with Crippen molar-refractivity contribution in [3.8, 4) is 5.75 Å². The van der Waals surface area contributed by atoms with Crippen molar-refractivity contribution in [3.05, 3.63) is 33.9 Å². The fraction of sp³-hybridized carbons (Fsp3) is 0.500. The zero-order valence-corrected chi connectivity index (χ0v) is 12.0. The summed E-state index contributed by atoms with van der Waals surface area (Å²) in [5, 5.41) is 23.2. The van der Waals surface area contributed by atoms with Gasteiger partial charge in [0, 0.05) is 12.5 Å². The highest BCUT2D eigenvalue weighted by Crippen LogP contribution is 2.37. The highest BCUT2D eigenvalue weighted by Gasteiger charge is 2.45. The van der Waals surface area contributed by atoms with Gasteiger partial charge in [-0.2, -0.15) is 0 Å². The van der Waals surface area contributed by atoms with Gasteiger partial charge in [0.05, 0.1) is 4.92 Å². The molecule has 0 radical (unpaired) electrons. The molecule has 1 saturated carbocycles. The SMILES string of the molecule is CNC1(C(=O)O)CCC(Oc2c(C)cccc2[N+](=O)[O-])C1. The number of aliphatic carboxylic acids is 1. The van der Waals surface area contributed by atoms with Gasteiger partial charge in [0.25, 0.3) is 0 Å². The van der Waals surface area contributed by atoms with Crippen LogP contribution in [0.5, 0.6) is 5.75 Å². The van der Waals surface area contributed by atoms with E-state index in [9.17, 15) is 20.0 Å². The molecule has 1 aromatic carbocycles. The van der Waals surface area contributed by atoms with E-state index in [4.69, 9.17) is 4.74 Å². The minimum atomic E-state index is -1.01. The molecule has 2 N–H and O–H groups in total. The van der Waals surface area contributed by atoms with Crippen LogP contribution >= 0.6 is 0 Å². The minimum absolute atomic E-state index is 0.0905. The number of nitro groups is 1. The van der Waals surface area contributed by atoms with Gasteiger partial charge >= 0.3 is 11.7 Å². The Bertz CT molecular complexity index is 574. The summed E-state index contributed by atoms with van der Waals surface area (Å²) in [7, 11) is 1.60. The lowest BCUT2D eigenvalue weighted by Gasteiger charge is -2.23. The molecule has 2 rings (SSSR count). The first-order valence-electron chi connectivity index (χ1n) is 6.72. The van der Waals surface area contributed by atoms with Crippen molar-refractivity contribution in [1.29, 1.82) is 0 Å². The van der Waals surface area contributed by atoms with E-state index in [1.165, 1.54) is 6.07 Å². The number of hydrogen-bond donors (Lipinski definition) is 2. The summed E-state index contributed by atoms with van der Waals surface area (Å²) >= 11 is 0. The molecule has 0 aromatic heterocycles. The predicted octanol–water partition coefficient (Wildman–Crippen LogP) is 1.88. The fourth-order valence-electron chi connectivity index (χ4n) is 2.73. The van der Waals surface area contributed by atoms with Crippen LogP contribution in [-0.4, -0.2) is 34.7 Å². The molecule has 0 bridgehead atoms. The second-order valence-electron chi connectivity index (χ2n) is 5.30. The molecule has 1 aromatic rings. The Hall–Kier alpha value is -2.15. The number of benzene rings is 1. The summed E-state index contributed by atoms with van der Waals surface area (Å²) in [6, 6.07) is 4.73. The number of aryl methyl sites for hydroxylation is 1. The lowest BCUT2D eigenvalue weighted by atomic mass is 9.98. The smallest absolute Gasteiger partial charge is 0.324 e. The predicted molar refractivity (Wildman–Crippen MR) is 75.5 cm³/mol. The normalized spacial score (nSPS) is 24.8. The Labute approximate surface area is 122 Å². The van der Waals surface area contributed by atoms with Crippen LogP contribution < -0.4 is 10.1 Å². The molecule has 0 amide bonds. The molecule has 21 heavy (non-hydrogen) atoms. The third-order valence-corrected chi connectivity index (χ3v) is 4.03. The molecule has 0 heterocycles.